The quantitative estimate of drug-likeness (QED) is 0.310. The molecule has 1 aromatic rings. The van der Waals surface area contributed by atoms with Crippen molar-refractivity contribution in [3.8, 4) is 0 Å². The third kappa shape index (κ3) is 2.36. The molecule has 0 aliphatic heterocycles. The van der Waals surface area contributed by atoms with Crippen LogP contribution in [0.15, 0.2) is 35.5 Å². The lowest BCUT2D eigenvalue weighted by Crippen LogP contribution is -1.91. The second-order valence-corrected chi connectivity index (χ2v) is 2.31. The predicted molar refractivity (Wildman–Crippen MR) is 46.0 cm³/mol. The van der Waals surface area contributed by atoms with Gasteiger partial charge in [-0.25, -0.2) is 0 Å². The minimum atomic E-state index is 0.155. The third-order valence-electron chi connectivity index (χ3n) is 1.19. The van der Waals surface area contributed by atoms with Gasteiger partial charge in [-0.15, -0.1) is 0 Å². The number of halogens is 1. The second-order valence-electron chi connectivity index (χ2n) is 1.95. The maximum Gasteiger partial charge on any atom is 0.323 e. The Labute approximate surface area is 74.6 Å². The van der Waals surface area contributed by atoms with Crippen LogP contribution in [0.4, 0.5) is 0 Å². The molecule has 0 bridgehead atoms. The Morgan fingerprint density at radius 2 is 2.08 bits per heavy atom. The number of oxime groups is 1. The number of rotatable bonds is 3. The number of nitrogens with zero attached hydrogens (tertiary/aromatic N) is 1. The van der Waals surface area contributed by atoms with Crippen molar-refractivity contribution >= 4 is 23.2 Å². The van der Waals surface area contributed by atoms with E-state index < -0.39 is 0 Å². The number of hydrogen-bond donors (Lipinski definition) is 0. The first-order valence-corrected chi connectivity index (χ1v) is 3.61. The summed E-state index contributed by atoms with van der Waals surface area (Å²) in [5.74, 6) is 0. The highest BCUT2D eigenvalue weighted by Crippen LogP contribution is 2.04. The van der Waals surface area contributed by atoms with Gasteiger partial charge in [0.1, 0.15) is 0 Å². The van der Waals surface area contributed by atoms with E-state index in [0.29, 0.717) is 5.56 Å². The molecule has 1 aromatic carbocycles. The van der Waals surface area contributed by atoms with Crippen LogP contribution >= 0.6 is 11.6 Å². The summed E-state index contributed by atoms with van der Waals surface area (Å²) in [4.78, 5) is 13.9. The van der Waals surface area contributed by atoms with Crippen LogP contribution < -0.4 is 0 Å². The van der Waals surface area contributed by atoms with Crippen molar-refractivity contribution in [1.82, 2.24) is 0 Å². The molecule has 0 unspecified atom stereocenters. The van der Waals surface area contributed by atoms with Crippen LogP contribution in [-0.2, 0) is 9.63 Å². The Bertz CT molecular complexity index is 284. The molecule has 3 nitrogen and oxygen atoms in total. The topological polar surface area (TPSA) is 38.7 Å². The van der Waals surface area contributed by atoms with E-state index in [2.05, 4.69) is 9.99 Å². The van der Waals surface area contributed by atoms with E-state index in [1.165, 1.54) is 0 Å². The zero-order valence-electron chi connectivity index (χ0n) is 6.11. The molecule has 0 saturated carbocycles. The van der Waals surface area contributed by atoms with Gasteiger partial charge in [-0.05, 0) is 0 Å². The van der Waals surface area contributed by atoms with Crippen molar-refractivity contribution in [2.45, 2.75) is 0 Å². The number of hydrogen-bond acceptors (Lipinski definition) is 3. The number of benzene rings is 1. The first-order valence-electron chi connectivity index (χ1n) is 3.23. The summed E-state index contributed by atoms with van der Waals surface area (Å²) < 4.78 is 0. The fourth-order valence-corrected chi connectivity index (χ4v) is 0.862. The summed E-state index contributed by atoms with van der Waals surface area (Å²) in [6, 6.07) is 9.01. The van der Waals surface area contributed by atoms with Crippen LogP contribution in [0.5, 0.6) is 0 Å². The Morgan fingerprint density at radius 3 is 2.67 bits per heavy atom. The van der Waals surface area contributed by atoms with Crippen molar-refractivity contribution in [2.75, 3.05) is 0 Å². The standard InChI is InChI=1S/C8H6ClNO2/c9-8(10-12-6-11)7-4-2-1-3-5-7/h1-6H. The van der Waals surface area contributed by atoms with E-state index >= 15 is 0 Å². The SMILES string of the molecule is O=CON=C(Cl)c1ccccc1. The molecule has 0 amide bonds. The molecule has 0 aromatic heterocycles. The normalized spacial score (nSPS) is 10.9. The third-order valence-corrected chi connectivity index (χ3v) is 1.48. The van der Waals surface area contributed by atoms with Crippen LogP contribution in [0.3, 0.4) is 0 Å². The molecule has 0 N–H and O–H groups in total. The molecular formula is C8H6ClNO2. The maximum absolute atomic E-state index is 9.75. The molecule has 0 heterocycles. The van der Waals surface area contributed by atoms with Gasteiger partial charge in [-0.2, -0.15) is 0 Å². The average molecular weight is 184 g/mol. The van der Waals surface area contributed by atoms with E-state index in [0.717, 1.165) is 0 Å². The minimum Gasteiger partial charge on any atom is -0.320 e. The van der Waals surface area contributed by atoms with Crippen LogP contribution in [0.1, 0.15) is 5.56 Å². The molecule has 0 radical (unpaired) electrons. The van der Waals surface area contributed by atoms with Gasteiger partial charge in [0.25, 0.3) is 0 Å². The molecule has 0 fully saturated rings. The van der Waals surface area contributed by atoms with E-state index in [1.807, 2.05) is 18.2 Å². The molecular weight excluding hydrogens is 178 g/mol. The Hall–Kier alpha value is -1.35. The van der Waals surface area contributed by atoms with Gasteiger partial charge in [0.05, 0.1) is 0 Å². The summed E-state index contributed by atoms with van der Waals surface area (Å²) in [6.07, 6.45) is 0. The zero-order valence-corrected chi connectivity index (χ0v) is 6.86. The fourth-order valence-electron chi connectivity index (χ4n) is 0.696. The predicted octanol–water partition coefficient (Wildman–Crippen LogP) is 1.76. The van der Waals surface area contributed by atoms with Crippen molar-refractivity contribution in [3.05, 3.63) is 35.9 Å². The van der Waals surface area contributed by atoms with Crippen LogP contribution in [0.2, 0.25) is 0 Å². The van der Waals surface area contributed by atoms with Crippen LogP contribution in [0.25, 0.3) is 0 Å². The second kappa shape index (κ2) is 4.51. The van der Waals surface area contributed by atoms with Gasteiger partial charge in [-0.3, -0.25) is 4.79 Å². The molecule has 0 atom stereocenters. The van der Waals surface area contributed by atoms with Gasteiger partial charge >= 0.3 is 6.47 Å². The molecule has 4 heteroatoms. The minimum absolute atomic E-state index is 0.155. The smallest absolute Gasteiger partial charge is 0.320 e. The van der Waals surface area contributed by atoms with E-state index in [1.54, 1.807) is 12.1 Å². The zero-order chi connectivity index (χ0) is 8.81. The van der Waals surface area contributed by atoms with Crippen LogP contribution in [-0.4, -0.2) is 11.6 Å². The van der Waals surface area contributed by atoms with Crippen molar-refractivity contribution in [2.24, 2.45) is 5.16 Å². The molecule has 0 spiro atoms. The highest BCUT2D eigenvalue weighted by Gasteiger charge is 1.97. The first-order chi connectivity index (χ1) is 5.84. The Balaban J connectivity index is 2.77. The monoisotopic (exact) mass is 183 g/mol. The fraction of sp³-hybridized carbons (Fsp3) is 0. The maximum atomic E-state index is 9.75. The molecule has 0 aliphatic carbocycles. The summed E-state index contributed by atoms with van der Waals surface area (Å²) in [6.45, 7) is 0.214. The molecule has 1 rings (SSSR count). The van der Waals surface area contributed by atoms with Gasteiger partial charge < -0.3 is 4.84 Å². The van der Waals surface area contributed by atoms with Crippen molar-refractivity contribution in [1.29, 1.82) is 0 Å². The summed E-state index contributed by atoms with van der Waals surface area (Å²) in [5, 5.41) is 3.48. The van der Waals surface area contributed by atoms with Crippen molar-refractivity contribution in [3.63, 3.8) is 0 Å². The Kier molecular flexibility index (Phi) is 3.29. The van der Waals surface area contributed by atoms with Crippen molar-refractivity contribution < 1.29 is 9.63 Å². The number of carbonyl (C=O) groups excluding carboxylic acids is 1. The molecule has 0 saturated heterocycles. The van der Waals surface area contributed by atoms with Gasteiger partial charge in [-0.1, -0.05) is 47.1 Å². The highest BCUT2D eigenvalue weighted by atomic mass is 35.5. The number of carbonyl (C=O) groups is 1. The van der Waals surface area contributed by atoms with E-state index in [-0.39, 0.29) is 11.6 Å². The summed E-state index contributed by atoms with van der Waals surface area (Å²) in [5.41, 5.74) is 0.709. The summed E-state index contributed by atoms with van der Waals surface area (Å²) >= 11 is 5.65. The summed E-state index contributed by atoms with van der Waals surface area (Å²) in [7, 11) is 0. The first kappa shape index (κ1) is 8.74. The lowest BCUT2D eigenvalue weighted by Gasteiger charge is -1.94. The van der Waals surface area contributed by atoms with Gasteiger partial charge in [0.15, 0.2) is 5.17 Å². The van der Waals surface area contributed by atoms with Crippen LogP contribution in [0, 0.1) is 0 Å². The molecule has 0 aliphatic rings. The van der Waals surface area contributed by atoms with Gasteiger partial charge in [0, 0.05) is 5.56 Å². The average Bonchev–Trinajstić information content (AvgIpc) is 2.15. The van der Waals surface area contributed by atoms with E-state index in [9.17, 15) is 4.79 Å². The molecule has 12 heavy (non-hydrogen) atoms. The van der Waals surface area contributed by atoms with Gasteiger partial charge in [0.2, 0.25) is 0 Å². The largest absolute Gasteiger partial charge is 0.323 e. The van der Waals surface area contributed by atoms with E-state index in [4.69, 9.17) is 11.6 Å². The Morgan fingerprint density at radius 1 is 1.42 bits per heavy atom. The highest BCUT2D eigenvalue weighted by molar-refractivity contribution is 6.69. The molecule has 62 valence electrons. The lowest BCUT2D eigenvalue weighted by atomic mass is 10.2. The lowest BCUT2D eigenvalue weighted by molar-refractivity contribution is -0.128.